The highest BCUT2D eigenvalue weighted by Gasteiger charge is 2.31. The molecule has 1 unspecified atom stereocenters. The second-order valence-corrected chi connectivity index (χ2v) is 8.10. The van der Waals surface area contributed by atoms with Crippen LogP contribution in [0.15, 0.2) is 18.2 Å². The van der Waals surface area contributed by atoms with E-state index in [9.17, 15) is 4.79 Å². The standard InChI is InChI=1S/C20H32N4O/c1-16-5-4-6-17(2)19(16)22-18(25)13-23-9-11-24(12-10-23)15-20(3)7-8-21-14-20/h4-6,21H,7-15H2,1-3H3,(H,22,25). The van der Waals surface area contributed by atoms with Gasteiger partial charge in [0.1, 0.15) is 0 Å². The molecule has 138 valence electrons. The van der Waals surface area contributed by atoms with Crippen LogP contribution in [0.3, 0.4) is 0 Å². The maximum absolute atomic E-state index is 12.4. The van der Waals surface area contributed by atoms with Crippen LogP contribution in [-0.2, 0) is 4.79 Å². The van der Waals surface area contributed by atoms with Crippen molar-refractivity contribution in [2.75, 3.05) is 57.7 Å². The molecule has 2 N–H and O–H groups in total. The third-order valence-corrected chi connectivity index (χ3v) is 5.64. The fourth-order valence-electron chi connectivity index (χ4n) is 4.04. The van der Waals surface area contributed by atoms with E-state index in [0.29, 0.717) is 12.0 Å². The highest BCUT2D eigenvalue weighted by molar-refractivity contribution is 5.93. The summed E-state index contributed by atoms with van der Waals surface area (Å²) >= 11 is 0. The maximum atomic E-state index is 12.4. The van der Waals surface area contributed by atoms with E-state index in [1.165, 1.54) is 13.0 Å². The van der Waals surface area contributed by atoms with E-state index in [1.807, 2.05) is 32.0 Å². The first-order valence-corrected chi connectivity index (χ1v) is 9.47. The summed E-state index contributed by atoms with van der Waals surface area (Å²) in [6.07, 6.45) is 1.27. The molecule has 1 aromatic carbocycles. The van der Waals surface area contributed by atoms with E-state index >= 15 is 0 Å². The van der Waals surface area contributed by atoms with Crippen molar-refractivity contribution in [3.05, 3.63) is 29.3 Å². The van der Waals surface area contributed by atoms with Crippen molar-refractivity contribution in [3.8, 4) is 0 Å². The van der Waals surface area contributed by atoms with Gasteiger partial charge >= 0.3 is 0 Å². The summed E-state index contributed by atoms with van der Waals surface area (Å²) in [6, 6.07) is 6.11. The van der Waals surface area contributed by atoms with Crippen molar-refractivity contribution in [2.45, 2.75) is 27.2 Å². The fourth-order valence-corrected chi connectivity index (χ4v) is 4.04. The fraction of sp³-hybridized carbons (Fsp3) is 0.650. The van der Waals surface area contributed by atoms with Crippen LogP contribution in [0.2, 0.25) is 0 Å². The predicted octanol–water partition coefficient (Wildman–Crippen LogP) is 1.86. The molecule has 2 aliphatic heterocycles. The lowest BCUT2D eigenvalue weighted by Gasteiger charge is -2.38. The number of benzene rings is 1. The summed E-state index contributed by atoms with van der Waals surface area (Å²) in [5, 5.41) is 6.58. The second kappa shape index (κ2) is 7.85. The zero-order valence-corrected chi connectivity index (χ0v) is 15.9. The number of carbonyl (C=O) groups excluding carboxylic acids is 1. The topological polar surface area (TPSA) is 47.6 Å². The van der Waals surface area contributed by atoms with Gasteiger partial charge in [0.25, 0.3) is 0 Å². The van der Waals surface area contributed by atoms with Gasteiger partial charge in [-0.2, -0.15) is 0 Å². The van der Waals surface area contributed by atoms with Crippen molar-refractivity contribution in [3.63, 3.8) is 0 Å². The largest absolute Gasteiger partial charge is 0.324 e. The summed E-state index contributed by atoms with van der Waals surface area (Å²) < 4.78 is 0. The number of nitrogens with zero attached hydrogens (tertiary/aromatic N) is 2. The number of para-hydroxylation sites is 1. The molecule has 0 radical (unpaired) electrons. The van der Waals surface area contributed by atoms with Crippen LogP contribution in [0.4, 0.5) is 5.69 Å². The Balaban J connectivity index is 1.45. The molecule has 0 aliphatic carbocycles. The Hall–Kier alpha value is -1.43. The molecule has 1 amide bonds. The lowest BCUT2D eigenvalue weighted by Crippen LogP contribution is -2.51. The molecule has 2 aliphatic rings. The van der Waals surface area contributed by atoms with Crippen molar-refractivity contribution in [2.24, 2.45) is 5.41 Å². The third kappa shape index (κ3) is 4.81. The Labute approximate surface area is 151 Å². The highest BCUT2D eigenvalue weighted by atomic mass is 16.2. The highest BCUT2D eigenvalue weighted by Crippen LogP contribution is 2.26. The van der Waals surface area contributed by atoms with Crippen LogP contribution in [0.1, 0.15) is 24.5 Å². The van der Waals surface area contributed by atoms with Gasteiger partial charge in [-0.05, 0) is 43.4 Å². The van der Waals surface area contributed by atoms with Crippen LogP contribution in [0.5, 0.6) is 0 Å². The quantitative estimate of drug-likeness (QED) is 0.856. The smallest absolute Gasteiger partial charge is 0.238 e. The zero-order chi connectivity index (χ0) is 17.9. The van der Waals surface area contributed by atoms with Gasteiger partial charge in [0, 0.05) is 45.0 Å². The first-order chi connectivity index (χ1) is 12.0. The average Bonchev–Trinajstić information content (AvgIpc) is 2.99. The Bertz CT molecular complexity index is 581. The van der Waals surface area contributed by atoms with Crippen molar-refractivity contribution in [1.29, 1.82) is 0 Å². The number of aryl methyl sites for hydroxylation is 2. The van der Waals surface area contributed by atoms with Crippen LogP contribution < -0.4 is 10.6 Å². The minimum absolute atomic E-state index is 0.0952. The normalized spacial score (nSPS) is 25.2. The van der Waals surface area contributed by atoms with Crippen LogP contribution in [0.25, 0.3) is 0 Å². The van der Waals surface area contributed by atoms with Gasteiger partial charge < -0.3 is 15.5 Å². The van der Waals surface area contributed by atoms with E-state index < -0.39 is 0 Å². The summed E-state index contributed by atoms with van der Waals surface area (Å²) in [4.78, 5) is 17.3. The minimum atomic E-state index is 0.0952. The number of piperazine rings is 1. The van der Waals surface area contributed by atoms with Crippen molar-refractivity contribution < 1.29 is 4.79 Å². The lowest BCUT2D eigenvalue weighted by atomic mass is 9.89. The molecule has 2 saturated heterocycles. The number of hydrogen-bond donors (Lipinski definition) is 2. The third-order valence-electron chi connectivity index (χ3n) is 5.64. The molecule has 1 atom stereocenters. The summed E-state index contributed by atoms with van der Waals surface area (Å²) in [5.74, 6) is 0.0952. The first kappa shape index (κ1) is 18.4. The molecule has 0 spiro atoms. The number of hydrogen-bond acceptors (Lipinski definition) is 4. The second-order valence-electron chi connectivity index (χ2n) is 8.10. The van der Waals surface area contributed by atoms with Crippen LogP contribution in [0, 0.1) is 19.3 Å². The molecule has 1 aromatic rings. The van der Waals surface area contributed by atoms with Gasteiger partial charge in [-0.15, -0.1) is 0 Å². The van der Waals surface area contributed by atoms with E-state index in [-0.39, 0.29) is 5.91 Å². The molecule has 3 rings (SSSR count). The van der Waals surface area contributed by atoms with Gasteiger partial charge in [-0.25, -0.2) is 0 Å². The Morgan fingerprint density at radius 1 is 1.16 bits per heavy atom. The minimum Gasteiger partial charge on any atom is -0.324 e. The lowest BCUT2D eigenvalue weighted by molar-refractivity contribution is -0.117. The Kier molecular flexibility index (Phi) is 5.77. The molecule has 5 nitrogen and oxygen atoms in total. The van der Waals surface area contributed by atoms with Crippen LogP contribution in [-0.4, -0.2) is 68.1 Å². The molecule has 2 fully saturated rings. The van der Waals surface area contributed by atoms with E-state index in [2.05, 4.69) is 27.4 Å². The molecule has 0 bridgehead atoms. The van der Waals surface area contributed by atoms with Gasteiger partial charge in [-0.1, -0.05) is 25.1 Å². The van der Waals surface area contributed by atoms with Gasteiger partial charge in [0.2, 0.25) is 5.91 Å². The van der Waals surface area contributed by atoms with Crippen LogP contribution >= 0.6 is 0 Å². The molecule has 5 heteroatoms. The van der Waals surface area contributed by atoms with Crippen molar-refractivity contribution in [1.82, 2.24) is 15.1 Å². The number of anilines is 1. The van der Waals surface area contributed by atoms with Gasteiger partial charge in [-0.3, -0.25) is 9.69 Å². The molecular weight excluding hydrogens is 312 g/mol. The predicted molar refractivity (Wildman–Crippen MR) is 103 cm³/mol. The summed E-state index contributed by atoms with van der Waals surface area (Å²) in [5.41, 5.74) is 3.63. The summed E-state index contributed by atoms with van der Waals surface area (Å²) in [6.45, 7) is 14.5. The van der Waals surface area contributed by atoms with Gasteiger partial charge in [0.05, 0.1) is 6.54 Å². The van der Waals surface area contributed by atoms with E-state index in [4.69, 9.17) is 0 Å². The molecule has 2 heterocycles. The average molecular weight is 345 g/mol. The SMILES string of the molecule is Cc1cccc(C)c1NC(=O)CN1CCN(CC2(C)CCNC2)CC1. The zero-order valence-electron chi connectivity index (χ0n) is 15.9. The van der Waals surface area contributed by atoms with E-state index in [0.717, 1.165) is 56.1 Å². The van der Waals surface area contributed by atoms with E-state index in [1.54, 1.807) is 0 Å². The molecule has 0 aromatic heterocycles. The Morgan fingerprint density at radius 3 is 2.40 bits per heavy atom. The first-order valence-electron chi connectivity index (χ1n) is 9.47. The molecule has 25 heavy (non-hydrogen) atoms. The number of rotatable bonds is 5. The monoisotopic (exact) mass is 344 g/mol. The number of amides is 1. The number of carbonyl (C=O) groups is 1. The molecular formula is C20H32N4O. The number of nitrogens with one attached hydrogen (secondary N) is 2. The Morgan fingerprint density at radius 2 is 1.80 bits per heavy atom. The maximum Gasteiger partial charge on any atom is 0.238 e. The van der Waals surface area contributed by atoms with Crippen molar-refractivity contribution >= 4 is 11.6 Å². The molecule has 0 saturated carbocycles. The summed E-state index contributed by atoms with van der Waals surface area (Å²) in [7, 11) is 0. The van der Waals surface area contributed by atoms with Gasteiger partial charge in [0.15, 0.2) is 0 Å².